The van der Waals surface area contributed by atoms with Crippen LogP contribution in [0.2, 0.25) is 0 Å². The van der Waals surface area contributed by atoms with Gasteiger partial charge in [0, 0.05) is 30.5 Å². The number of likely N-dealkylation sites (tertiary alicyclic amines) is 1. The van der Waals surface area contributed by atoms with Crippen molar-refractivity contribution in [1.29, 1.82) is 0 Å². The van der Waals surface area contributed by atoms with E-state index in [-0.39, 0.29) is 0 Å². The van der Waals surface area contributed by atoms with Gasteiger partial charge < -0.3 is 4.74 Å². The molecular formula is C19H24N2O. The van der Waals surface area contributed by atoms with Crippen molar-refractivity contribution in [2.45, 2.75) is 38.8 Å². The number of rotatable bonds is 5. The fourth-order valence-corrected chi connectivity index (χ4v) is 3.28. The van der Waals surface area contributed by atoms with Gasteiger partial charge in [-0.05, 0) is 44.0 Å². The Morgan fingerprint density at radius 3 is 2.91 bits per heavy atom. The summed E-state index contributed by atoms with van der Waals surface area (Å²) in [6.45, 7) is 4.83. The zero-order valence-corrected chi connectivity index (χ0v) is 13.2. The second-order valence-electron chi connectivity index (χ2n) is 5.81. The zero-order valence-electron chi connectivity index (χ0n) is 13.2. The number of para-hydroxylation sites is 1. The molecule has 2 heterocycles. The number of ether oxygens (including phenoxy) is 1. The molecule has 1 aliphatic rings. The van der Waals surface area contributed by atoms with Crippen LogP contribution in [0.3, 0.4) is 0 Å². The number of hydrogen-bond donors (Lipinski definition) is 0. The monoisotopic (exact) mass is 296 g/mol. The smallest absolute Gasteiger partial charge is 0.123 e. The molecule has 116 valence electrons. The third-order valence-electron chi connectivity index (χ3n) is 4.33. The van der Waals surface area contributed by atoms with Gasteiger partial charge in [-0.1, -0.05) is 30.7 Å². The van der Waals surface area contributed by atoms with Crippen molar-refractivity contribution in [3.05, 3.63) is 59.9 Å². The van der Waals surface area contributed by atoms with Crippen molar-refractivity contribution >= 4 is 0 Å². The number of piperidine rings is 1. The zero-order chi connectivity index (χ0) is 15.2. The minimum absolute atomic E-state index is 0.470. The van der Waals surface area contributed by atoms with Crippen LogP contribution in [0.1, 0.15) is 43.4 Å². The fourth-order valence-electron chi connectivity index (χ4n) is 3.28. The molecule has 0 unspecified atom stereocenters. The highest BCUT2D eigenvalue weighted by molar-refractivity contribution is 5.33. The molecule has 0 amide bonds. The second kappa shape index (κ2) is 7.41. The second-order valence-corrected chi connectivity index (χ2v) is 5.81. The normalized spacial score (nSPS) is 19.0. The maximum absolute atomic E-state index is 5.78. The molecule has 0 spiro atoms. The van der Waals surface area contributed by atoms with Crippen LogP contribution in [0.4, 0.5) is 0 Å². The Hall–Kier alpha value is -1.87. The molecule has 3 nitrogen and oxygen atoms in total. The van der Waals surface area contributed by atoms with Crippen LogP contribution < -0.4 is 4.74 Å². The first kappa shape index (κ1) is 15.0. The van der Waals surface area contributed by atoms with Gasteiger partial charge in [0.1, 0.15) is 5.75 Å². The predicted molar refractivity (Wildman–Crippen MR) is 88.9 cm³/mol. The molecule has 1 atom stereocenters. The van der Waals surface area contributed by atoms with E-state index in [0.29, 0.717) is 12.6 Å². The van der Waals surface area contributed by atoms with Crippen LogP contribution in [-0.4, -0.2) is 23.0 Å². The lowest BCUT2D eigenvalue weighted by Gasteiger charge is -2.36. The Balaban J connectivity index is 1.80. The summed E-state index contributed by atoms with van der Waals surface area (Å²) >= 11 is 0. The lowest BCUT2D eigenvalue weighted by atomic mass is 9.95. The highest BCUT2D eigenvalue weighted by Gasteiger charge is 2.24. The van der Waals surface area contributed by atoms with Gasteiger partial charge in [0.2, 0.25) is 0 Å². The molecular weight excluding hydrogens is 272 g/mol. The SMILES string of the molecule is CCOc1ccccc1CN1CCCC[C@@H]1c1cccnc1. The largest absolute Gasteiger partial charge is 0.494 e. The summed E-state index contributed by atoms with van der Waals surface area (Å²) in [4.78, 5) is 6.86. The Bertz CT molecular complexity index is 585. The minimum atomic E-state index is 0.470. The minimum Gasteiger partial charge on any atom is -0.494 e. The van der Waals surface area contributed by atoms with Crippen LogP contribution in [-0.2, 0) is 6.54 Å². The quantitative estimate of drug-likeness (QED) is 0.826. The molecule has 1 aliphatic heterocycles. The summed E-state index contributed by atoms with van der Waals surface area (Å²) < 4.78 is 5.78. The Kier molecular flexibility index (Phi) is 5.07. The van der Waals surface area contributed by atoms with Crippen molar-refractivity contribution in [3.63, 3.8) is 0 Å². The number of benzene rings is 1. The number of nitrogens with zero attached hydrogens (tertiary/aromatic N) is 2. The van der Waals surface area contributed by atoms with Crippen LogP contribution in [0.5, 0.6) is 5.75 Å². The highest BCUT2D eigenvalue weighted by Crippen LogP contribution is 2.33. The average molecular weight is 296 g/mol. The predicted octanol–water partition coefficient (Wildman–Crippen LogP) is 4.21. The summed E-state index contributed by atoms with van der Waals surface area (Å²) in [5, 5.41) is 0. The molecule has 0 N–H and O–H groups in total. The van der Waals surface area contributed by atoms with Gasteiger partial charge in [0.15, 0.2) is 0 Å². The Labute approximate surface area is 132 Å². The van der Waals surface area contributed by atoms with Crippen molar-refractivity contribution in [3.8, 4) is 5.75 Å². The van der Waals surface area contributed by atoms with E-state index in [0.717, 1.165) is 18.8 Å². The Morgan fingerprint density at radius 2 is 2.09 bits per heavy atom. The molecule has 0 saturated carbocycles. The summed E-state index contributed by atoms with van der Waals surface area (Å²) in [6.07, 6.45) is 7.64. The van der Waals surface area contributed by atoms with Gasteiger partial charge in [-0.25, -0.2) is 0 Å². The summed E-state index contributed by atoms with van der Waals surface area (Å²) in [5.41, 5.74) is 2.61. The van der Waals surface area contributed by atoms with Crippen molar-refractivity contribution < 1.29 is 4.74 Å². The molecule has 1 fully saturated rings. The van der Waals surface area contributed by atoms with Gasteiger partial charge in [-0.2, -0.15) is 0 Å². The van der Waals surface area contributed by atoms with Crippen molar-refractivity contribution in [2.24, 2.45) is 0 Å². The lowest BCUT2D eigenvalue weighted by Crippen LogP contribution is -2.33. The van der Waals surface area contributed by atoms with E-state index in [1.807, 2.05) is 31.5 Å². The van der Waals surface area contributed by atoms with E-state index in [2.05, 4.69) is 34.1 Å². The van der Waals surface area contributed by atoms with E-state index in [4.69, 9.17) is 4.74 Å². The molecule has 0 bridgehead atoms. The molecule has 1 saturated heterocycles. The Morgan fingerprint density at radius 1 is 1.18 bits per heavy atom. The number of hydrogen-bond acceptors (Lipinski definition) is 3. The van der Waals surface area contributed by atoms with Crippen molar-refractivity contribution in [2.75, 3.05) is 13.2 Å². The van der Waals surface area contributed by atoms with Gasteiger partial charge in [0.25, 0.3) is 0 Å². The molecule has 0 radical (unpaired) electrons. The van der Waals surface area contributed by atoms with E-state index < -0.39 is 0 Å². The van der Waals surface area contributed by atoms with Gasteiger partial charge >= 0.3 is 0 Å². The number of pyridine rings is 1. The highest BCUT2D eigenvalue weighted by atomic mass is 16.5. The molecule has 2 aromatic rings. The topological polar surface area (TPSA) is 25.4 Å². The summed E-state index contributed by atoms with van der Waals surface area (Å²) in [6, 6.07) is 13.1. The van der Waals surface area contributed by atoms with Crippen LogP contribution in [0.25, 0.3) is 0 Å². The van der Waals surface area contributed by atoms with Gasteiger partial charge in [0.05, 0.1) is 6.61 Å². The maximum Gasteiger partial charge on any atom is 0.123 e. The van der Waals surface area contributed by atoms with E-state index in [1.54, 1.807) is 0 Å². The third-order valence-corrected chi connectivity index (χ3v) is 4.33. The first-order valence-electron chi connectivity index (χ1n) is 8.23. The standard InChI is InChI=1S/C19H24N2O/c1-2-22-19-11-4-3-8-17(19)15-21-13-6-5-10-18(21)16-9-7-12-20-14-16/h3-4,7-9,11-12,14,18H,2,5-6,10,13,15H2,1H3/t18-/m1/s1. The molecule has 3 rings (SSSR count). The number of aromatic nitrogens is 1. The van der Waals surface area contributed by atoms with Crippen LogP contribution in [0.15, 0.2) is 48.8 Å². The average Bonchev–Trinajstić information content (AvgIpc) is 2.58. The molecule has 3 heteroatoms. The van der Waals surface area contributed by atoms with Crippen LogP contribution in [0, 0.1) is 0 Å². The lowest BCUT2D eigenvalue weighted by molar-refractivity contribution is 0.138. The molecule has 1 aromatic heterocycles. The van der Waals surface area contributed by atoms with E-state index >= 15 is 0 Å². The molecule has 0 aliphatic carbocycles. The van der Waals surface area contributed by atoms with E-state index in [9.17, 15) is 0 Å². The van der Waals surface area contributed by atoms with Gasteiger partial charge in [-0.3, -0.25) is 9.88 Å². The van der Waals surface area contributed by atoms with Gasteiger partial charge in [-0.15, -0.1) is 0 Å². The van der Waals surface area contributed by atoms with Crippen molar-refractivity contribution in [1.82, 2.24) is 9.88 Å². The summed E-state index contributed by atoms with van der Waals surface area (Å²) in [5.74, 6) is 1.01. The maximum atomic E-state index is 5.78. The first-order valence-corrected chi connectivity index (χ1v) is 8.23. The molecule has 22 heavy (non-hydrogen) atoms. The van der Waals surface area contributed by atoms with E-state index in [1.165, 1.54) is 30.4 Å². The molecule has 1 aromatic carbocycles. The summed E-state index contributed by atoms with van der Waals surface area (Å²) in [7, 11) is 0. The fraction of sp³-hybridized carbons (Fsp3) is 0.421. The van der Waals surface area contributed by atoms with Crippen LogP contribution >= 0.6 is 0 Å². The third kappa shape index (κ3) is 3.47. The first-order chi connectivity index (χ1) is 10.9.